The summed E-state index contributed by atoms with van der Waals surface area (Å²) in [6, 6.07) is 0.428. The Bertz CT molecular complexity index is 311. The van der Waals surface area contributed by atoms with Crippen LogP contribution in [0.2, 0.25) is 0 Å². The molecule has 0 bridgehead atoms. The molecule has 1 N–H and O–H groups in total. The number of carbonyl (C=O) groups excluding carboxylic acids is 1. The summed E-state index contributed by atoms with van der Waals surface area (Å²) in [7, 11) is 0. The highest BCUT2D eigenvalue weighted by Gasteiger charge is 2.25. The number of nitrogens with one attached hydrogen (secondary N) is 1. The predicted octanol–water partition coefficient (Wildman–Crippen LogP) is 1.28. The lowest BCUT2D eigenvalue weighted by Crippen LogP contribution is -2.50. The Hall–Kier alpha value is -0.650. The summed E-state index contributed by atoms with van der Waals surface area (Å²) in [5, 5.41) is 3.18. The molecule has 0 spiro atoms. The summed E-state index contributed by atoms with van der Waals surface area (Å²) < 4.78 is 10.8. The Morgan fingerprint density at radius 1 is 1.14 bits per heavy atom. The van der Waals surface area contributed by atoms with E-state index >= 15 is 0 Å². The van der Waals surface area contributed by atoms with E-state index in [0.29, 0.717) is 12.0 Å². The smallest absolute Gasteiger partial charge is 0.223 e. The van der Waals surface area contributed by atoms with Gasteiger partial charge in [0.2, 0.25) is 5.91 Å². The van der Waals surface area contributed by atoms with Crippen LogP contribution in [0.4, 0.5) is 0 Å². The quantitative estimate of drug-likeness (QED) is 0.802. The summed E-state index contributed by atoms with van der Waals surface area (Å²) >= 11 is 0. The zero-order valence-electron chi connectivity index (χ0n) is 13.5. The molecule has 122 valence electrons. The van der Waals surface area contributed by atoms with Crippen molar-refractivity contribution in [2.24, 2.45) is 11.8 Å². The lowest BCUT2D eigenvalue weighted by atomic mass is 9.98. The molecule has 1 unspecified atom stereocenters. The van der Waals surface area contributed by atoms with Gasteiger partial charge in [-0.15, -0.1) is 0 Å². The maximum absolute atomic E-state index is 12.3. The maximum Gasteiger partial charge on any atom is 0.223 e. The van der Waals surface area contributed by atoms with Crippen molar-refractivity contribution in [3.8, 4) is 0 Å². The SMILES string of the molecule is CC(C)CC(CNC(=O)C1CCOCC1)N1CCOCC1. The topological polar surface area (TPSA) is 50.8 Å². The molecule has 2 heterocycles. The molecule has 0 aliphatic carbocycles. The van der Waals surface area contributed by atoms with Crippen LogP contribution < -0.4 is 5.32 Å². The summed E-state index contributed by atoms with van der Waals surface area (Å²) in [6.07, 6.45) is 2.84. The van der Waals surface area contributed by atoms with E-state index in [-0.39, 0.29) is 11.8 Å². The van der Waals surface area contributed by atoms with Crippen molar-refractivity contribution in [1.82, 2.24) is 10.2 Å². The molecule has 2 rings (SSSR count). The van der Waals surface area contributed by atoms with Crippen molar-refractivity contribution in [1.29, 1.82) is 0 Å². The first-order valence-corrected chi connectivity index (χ1v) is 8.34. The van der Waals surface area contributed by atoms with Gasteiger partial charge in [-0.25, -0.2) is 0 Å². The number of morpholine rings is 1. The second kappa shape index (κ2) is 8.71. The number of rotatable bonds is 6. The molecule has 0 aromatic carbocycles. The van der Waals surface area contributed by atoms with E-state index in [1.165, 1.54) is 0 Å². The van der Waals surface area contributed by atoms with Gasteiger partial charge in [0, 0.05) is 44.8 Å². The molecule has 5 heteroatoms. The van der Waals surface area contributed by atoms with Crippen LogP contribution in [0.1, 0.15) is 33.1 Å². The molecule has 1 atom stereocenters. The van der Waals surface area contributed by atoms with Crippen molar-refractivity contribution in [3.63, 3.8) is 0 Å². The molecule has 1 amide bonds. The van der Waals surface area contributed by atoms with Crippen LogP contribution in [0.25, 0.3) is 0 Å². The third kappa shape index (κ3) is 5.57. The highest BCUT2D eigenvalue weighted by atomic mass is 16.5. The largest absolute Gasteiger partial charge is 0.381 e. The Balaban J connectivity index is 1.81. The number of hydrogen-bond acceptors (Lipinski definition) is 4. The van der Waals surface area contributed by atoms with Crippen molar-refractivity contribution in [3.05, 3.63) is 0 Å². The second-order valence-electron chi connectivity index (χ2n) is 6.56. The first kappa shape index (κ1) is 16.7. The van der Waals surface area contributed by atoms with Gasteiger partial charge in [-0.3, -0.25) is 9.69 Å². The van der Waals surface area contributed by atoms with Crippen LogP contribution in [0.3, 0.4) is 0 Å². The first-order chi connectivity index (χ1) is 10.2. The van der Waals surface area contributed by atoms with E-state index < -0.39 is 0 Å². The molecule has 2 saturated heterocycles. The molecule has 21 heavy (non-hydrogen) atoms. The molecule has 2 aliphatic rings. The molecule has 2 aliphatic heterocycles. The fraction of sp³-hybridized carbons (Fsp3) is 0.938. The third-order valence-corrected chi connectivity index (χ3v) is 4.41. The van der Waals surface area contributed by atoms with Gasteiger partial charge in [0.1, 0.15) is 0 Å². The Morgan fingerprint density at radius 3 is 2.38 bits per heavy atom. The van der Waals surface area contributed by atoms with Crippen LogP contribution in [-0.2, 0) is 14.3 Å². The monoisotopic (exact) mass is 298 g/mol. The summed E-state index contributed by atoms with van der Waals surface area (Å²) in [4.78, 5) is 14.7. The Kier molecular flexibility index (Phi) is 6.93. The van der Waals surface area contributed by atoms with Gasteiger partial charge in [-0.1, -0.05) is 13.8 Å². The highest BCUT2D eigenvalue weighted by molar-refractivity contribution is 5.78. The number of carbonyl (C=O) groups is 1. The molecule has 0 saturated carbocycles. The van der Waals surface area contributed by atoms with Gasteiger partial charge in [0.25, 0.3) is 0 Å². The van der Waals surface area contributed by atoms with Gasteiger partial charge in [-0.2, -0.15) is 0 Å². The van der Waals surface area contributed by atoms with Crippen molar-refractivity contribution >= 4 is 5.91 Å². The number of amides is 1. The average molecular weight is 298 g/mol. The van der Waals surface area contributed by atoms with E-state index in [2.05, 4.69) is 24.1 Å². The zero-order chi connectivity index (χ0) is 15.1. The summed E-state index contributed by atoms with van der Waals surface area (Å²) in [6.45, 7) is 10.3. The maximum atomic E-state index is 12.3. The lowest BCUT2D eigenvalue weighted by Gasteiger charge is -2.36. The van der Waals surface area contributed by atoms with Gasteiger partial charge in [0.15, 0.2) is 0 Å². The minimum absolute atomic E-state index is 0.142. The third-order valence-electron chi connectivity index (χ3n) is 4.41. The van der Waals surface area contributed by atoms with Gasteiger partial charge in [-0.05, 0) is 25.2 Å². The molecule has 0 radical (unpaired) electrons. The zero-order valence-corrected chi connectivity index (χ0v) is 13.5. The minimum Gasteiger partial charge on any atom is -0.381 e. The number of nitrogens with zero attached hydrogens (tertiary/aromatic N) is 1. The molecular formula is C16H30N2O3. The second-order valence-corrected chi connectivity index (χ2v) is 6.56. The minimum atomic E-state index is 0.142. The molecule has 5 nitrogen and oxygen atoms in total. The van der Waals surface area contributed by atoms with Crippen molar-refractivity contribution in [2.75, 3.05) is 46.1 Å². The highest BCUT2D eigenvalue weighted by Crippen LogP contribution is 2.16. The fourth-order valence-corrected chi connectivity index (χ4v) is 3.17. The first-order valence-electron chi connectivity index (χ1n) is 8.34. The van der Waals surface area contributed by atoms with Gasteiger partial charge in [0.05, 0.1) is 13.2 Å². The number of hydrogen-bond donors (Lipinski definition) is 1. The van der Waals surface area contributed by atoms with Crippen LogP contribution in [0.15, 0.2) is 0 Å². The van der Waals surface area contributed by atoms with E-state index in [1.807, 2.05) is 0 Å². The average Bonchev–Trinajstić information content (AvgIpc) is 2.52. The van der Waals surface area contributed by atoms with E-state index in [0.717, 1.165) is 65.3 Å². The van der Waals surface area contributed by atoms with Crippen LogP contribution in [-0.4, -0.2) is 62.9 Å². The van der Waals surface area contributed by atoms with Crippen LogP contribution in [0.5, 0.6) is 0 Å². The Labute approximate surface area is 128 Å². The van der Waals surface area contributed by atoms with E-state index in [9.17, 15) is 4.79 Å². The van der Waals surface area contributed by atoms with Crippen molar-refractivity contribution < 1.29 is 14.3 Å². The Morgan fingerprint density at radius 2 is 1.76 bits per heavy atom. The molecule has 0 aromatic rings. The molecular weight excluding hydrogens is 268 g/mol. The van der Waals surface area contributed by atoms with Gasteiger partial charge < -0.3 is 14.8 Å². The molecule has 0 aromatic heterocycles. The predicted molar refractivity (Wildman–Crippen MR) is 82.2 cm³/mol. The molecule has 2 fully saturated rings. The lowest BCUT2D eigenvalue weighted by molar-refractivity contribution is -0.128. The number of ether oxygens (including phenoxy) is 2. The summed E-state index contributed by atoms with van der Waals surface area (Å²) in [5.41, 5.74) is 0. The van der Waals surface area contributed by atoms with Crippen LogP contribution >= 0.6 is 0 Å². The normalized spacial score (nSPS) is 23.2. The summed E-state index contributed by atoms with van der Waals surface area (Å²) in [5.74, 6) is 0.987. The van der Waals surface area contributed by atoms with E-state index in [1.54, 1.807) is 0 Å². The van der Waals surface area contributed by atoms with Crippen LogP contribution in [0, 0.1) is 11.8 Å². The fourth-order valence-electron chi connectivity index (χ4n) is 3.17. The standard InChI is InChI=1S/C16H30N2O3/c1-13(2)11-15(18-5-9-21-10-6-18)12-17-16(19)14-3-7-20-8-4-14/h13-15H,3-12H2,1-2H3,(H,17,19). The van der Waals surface area contributed by atoms with Gasteiger partial charge >= 0.3 is 0 Å². The van der Waals surface area contributed by atoms with Crippen molar-refractivity contribution in [2.45, 2.75) is 39.2 Å². The van der Waals surface area contributed by atoms with E-state index in [4.69, 9.17) is 9.47 Å².